The summed E-state index contributed by atoms with van der Waals surface area (Å²) in [6, 6.07) is 5.08. The van der Waals surface area contributed by atoms with Crippen molar-refractivity contribution in [3.8, 4) is 5.69 Å². The third-order valence-corrected chi connectivity index (χ3v) is 2.76. The molecule has 1 heterocycles. The summed E-state index contributed by atoms with van der Waals surface area (Å²) in [5, 5.41) is 4.39. The molecular formula is C10H7BrClN3O. The molecule has 0 bridgehead atoms. The smallest absolute Gasteiger partial charge is 0.252 e. The number of nitrogens with zero attached hydrogens (tertiary/aromatic N) is 2. The fourth-order valence-electron chi connectivity index (χ4n) is 1.38. The fraction of sp³-hybridized carbons (Fsp3) is 0. The number of carbonyl (C=O) groups is 1. The molecule has 0 fully saturated rings. The van der Waals surface area contributed by atoms with Crippen LogP contribution in [0.1, 0.15) is 10.4 Å². The number of aromatic nitrogens is 2. The number of hydrogen-bond donors (Lipinski definition) is 1. The molecule has 0 spiro atoms. The molecule has 0 aliphatic rings. The van der Waals surface area contributed by atoms with E-state index in [0.717, 1.165) is 4.47 Å². The van der Waals surface area contributed by atoms with Gasteiger partial charge in [0.15, 0.2) is 0 Å². The van der Waals surface area contributed by atoms with Crippen molar-refractivity contribution in [3.63, 3.8) is 0 Å². The van der Waals surface area contributed by atoms with Crippen LogP contribution in [0.5, 0.6) is 0 Å². The summed E-state index contributed by atoms with van der Waals surface area (Å²) in [5.74, 6) is -0.577. The summed E-state index contributed by atoms with van der Waals surface area (Å²) in [6.45, 7) is 0. The zero-order chi connectivity index (χ0) is 11.7. The molecule has 0 atom stereocenters. The van der Waals surface area contributed by atoms with Crippen LogP contribution >= 0.6 is 27.5 Å². The number of halogens is 2. The van der Waals surface area contributed by atoms with Crippen LogP contribution in [0.4, 0.5) is 0 Å². The maximum absolute atomic E-state index is 11.3. The number of benzene rings is 1. The predicted molar refractivity (Wildman–Crippen MR) is 64.8 cm³/mol. The van der Waals surface area contributed by atoms with Crippen LogP contribution in [0, 0.1) is 0 Å². The SMILES string of the molecule is NC(=O)c1c(Cl)cccc1-n1cc(Br)cn1. The molecular weight excluding hydrogens is 293 g/mol. The molecule has 2 rings (SSSR count). The number of rotatable bonds is 2. The first kappa shape index (κ1) is 11.2. The van der Waals surface area contributed by atoms with Crippen molar-refractivity contribution >= 4 is 33.4 Å². The Bertz CT molecular complexity index is 553. The second-order valence-electron chi connectivity index (χ2n) is 3.10. The van der Waals surface area contributed by atoms with Gasteiger partial charge < -0.3 is 5.73 Å². The highest BCUT2D eigenvalue weighted by molar-refractivity contribution is 9.10. The van der Waals surface area contributed by atoms with Gasteiger partial charge >= 0.3 is 0 Å². The Morgan fingerprint density at radius 1 is 1.50 bits per heavy atom. The Labute approximate surface area is 105 Å². The lowest BCUT2D eigenvalue weighted by Gasteiger charge is -2.07. The lowest BCUT2D eigenvalue weighted by atomic mass is 10.1. The average Bonchev–Trinajstić information content (AvgIpc) is 2.63. The molecule has 1 aromatic heterocycles. The van der Waals surface area contributed by atoms with Gasteiger partial charge in [0.25, 0.3) is 5.91 Å². The highest BCUT2D eigenvalue weighted by atomic mass is 79.9. The van der Waals surface area contributed by atoms with Crippen LogP contribution in [-0.2, 0) is 0 Å². The number of primary amides is 1. The zero-order valence-corrected chi connectivity index (χ0v) is 10.4. The Balaban J connectivity index is 2.65. The molecule has 0 aliphatic carbocycles. The van der Waals surface area contributed by atoms with Crippen LogP contribution in [-0.4, -0.2) is 15.7 Å². The number of nitrogens with two attached hydrogens (primary N) is 1. The first-order valence-corrected chi connectivity index (χ1v) is 5.55. The van der Waals surface area contributed by atoms with E-state index in [1.54, 1.807) is 30.6 Å². The van der Waals surface area contributed by atoms with E-state index < -0.39 is 5.91 Å². The van der Waals surface area contributed by atoms with Crippen molar-refractivity contribution in [2.24, 2.45) is 5.73 Å². The maximum Gasteiger partial charge on any atom is 0.252 e. The number of amides is 1. The lowest BCUT2D eigenvalue weighted by molar-refractivity contribution is 0.100. The van der Waals surface area contributed by atoms with E-state index in [2.05, 4.69) is 21.0 Å². The first-order chi connectivity index (χ1) is 7.59. The van der Waals surface area contributed by atoms with E-state index in [1.807, 2.05) is 0 Å². The summed E-state index contributed by atoms with van der Waals surface area (Å²) in [7, 11) is 0. The Kier molecular flexibility index (Phi) is 2.98. The molecule has 1 amide bonds. The van der Waals surface area contributed by atoms with Gasteiger partial charge in [-0.25, -0.2) is 4.68 Å². The summed E-state index contributed by atoms with van der Waals surface area (Å²) in [6.07, 6.45) is 3.34. The van der Waals surface area contributed by atoms with E-state index >= 15 is 0 Å². The Morgan fingerprint density at radius 2 is 2.25 bits per heavy atom. The van der Waals surface area contributed by atoms with Crippen LogP contribution in [0.25, 0.3) is 5.69 Å². The van der Waals surface area contributed by atoms with Crippen molar-refractivity contribution < 1.29 is 4.79 Å². The second kappa shape index (κ2) is 4.27. The molecule has 1 aromatic carbocycles. The van der Waals surface area contributed by atoms with Crippen molar-refractivity contribution in [2.45, 2.75) is 0 Å². The molecule has 2 N–H and O–H groups in total. The van der Waals surface area contributed by atoms with Crippen LogP contribution in [0.2, 0.25) is 5.02 Å². The summed E-state index contributed by atoms with van der Waals surface area (Å²) in [5.41, 5.74) is 6.11. The Hall–Kier alpha value is -1.33. The second-order valence-corrected chi connectivity index (χ2v) is 4.42. The molecule has 4 nitrogen and oxygen atoms in total. The van der Waals surface area contributed by atoms with Crippen molar-refractivity contribution in [3.05, 3.63) is 45.7 Å². The molecule has 82 valence electrons. The molecule has 16 heavy (non-hydrogen) atoms. The minimum absolute atomic E-state index is 0.264. The largest absolute Gasteiger partial charge is 0.365 e. The lowest BCUT2D eigenvalue weighted by Crippen LogP contribution is -2.15. The Morgan fingerprint density at radius 3 is 2.81 bits per heavy atom. The van der Waals surface area contributed by atoms with Gasteiger partial charge in [0, 0.05) is 6.20 Å². The standard InChI is InChI=1S/C10H7BrClN3O/c11-6-4-14-15(5-6)8-3-1-2-7(12)9(8)10(13)16/h1-5H,(H2,13,16). The molecule has 0 saturated carbocycles. The van der Waals surface area contributed by atoms with E-state index in [1.165, 1.54) is 4.68 Å². The zero-order valence-electron chi connectivity index (χ0n) is 8.02. The first-order valence-electron chi connectivity index (χ1n) is 4.38. The third-order valence-electron chi connectivity index (χ3n) is 2.04. The van der Waals surface area contributed by atoms with E-state index in [-0.39, 0.29) is 5.56 Å². The van der Waals surface area contributed by atoms with Crippen LogP contribution in [0.3, 0.4) is 0 Å². The topological polar surface area (TPSA) is 60.9 Å². The number of carbonyl (C=O) groups excluding carboxylic acids is 1. The highest BCUT2D eigenvalue weighted by Gasteiger charge is 2.14. The number of hydrogen-bond acceptors (Lipinski definition) is 2. The van der Waals surface area contributed by atoms with E-state index in [9.17, 15) is 4.79 Å². The van der Waals surface area contributed by atoms with Crippen molar-refractivity contribution in [1.29, 1.82) is 0 Å². The minimum atomic E-state index is -0.577. The quantitative estimate of drug-likeness (QED) is 0.925. The molecule has 0 aliphatic heterocycles. The minimum Gasteiger partial charge on any atom is -0.365 e. The van der Waals surface area contributed by atoms with Gasteiger partial charge in [-0.1, -0.05) is 17.7 Å². The van der Waals surface area contributed by atoms with E-state index in [0.29, 0.717) is 10.7 Å². The van der Waals surface area contributed by atoms with Gasteiger partial charge in [-0.3, -0.25) is 4.79 Å². The molecule has 6 heteroatoms. The third kappa shape index (κ3) is 1.96. The van der Waals surface area contributed by atoms with Gasteiger partial charge in [-0.15, -0.1) is 0 Å². The molecule has 2 aromatic rings. The van der Waals surface area contributed by atoms with Gasteiger partial charge in [-0.2, -0.15) is 5.10 Å². The fourth-order valence-corrected chi connectivity index (χ4v) is 1.93. The van der Waals surface area contributed by atoms with E-state index in [4.69, 9.17) is 17.3 Å². The monoisotopic (exact) mass is 299 g/mol. The van der Waals surface area contributed by atoms with Crippen LogP contribution in [0.15, 0.2) is 35.1 Å². The molecule has 0 saturated heterocycles. The van der Waals surface area contributed by atoms with Gasteiger partial charge in [0.2, 0.25) is 0 Å². The van der Waals surface area contributed by atoms with Gasteiger partial charge in [0.05, 0.1) is 26.9 Å². The van der Waals surface area contributed by atoms with Crippen molar-refractivity contribution in [2.75, 3.05) is 0 Å². The molecule has 0 unspecified atom stereocenters. The maximum atomic E-state index is 11.3. The summed E-state index contributed by atoms with van der Waals surface area (Å²) >= 11 is 9.20. The van der Waals surface area contributed by atoms with Gasteiger partial charge in [-0.05, 0) is 28.1 Å². The van der Waals surface area contributed by atoms with Crippen LogP contribution < -0.4 is 5.73 Å². The summed E-state index contributed by atoms with van der Waals surface area (Å²) in [4.78, 5) is 11.3. The predicted octanol–water partition coefficient (Wildman–Crippen LogP) is 2.39. The van der Waals surface area contributed by atoms with Crippen molar-refractivity contribution in [1.82, 2.24) is 9.78 Å². The molecule has 0 radical (unpaired) electrons. The average molecular weight is 301 g/mol. The summed E-state index contributed by atoms with van der Waals surface area (Å²) < 4.78 is 2.35. The highest BCUT2D eigenvalue weighted by Crippen LogP contribution is 2.23. The normalized spacial score (nSPS) is 10.4. The van der Waals surface area contributed by atoms with Gasteiger partial charge in [0.1, 0.15) is 0 Å².